The van der Waals surface area contributed by atoms with Crippen molar-refractivity contribution in [1.82, 2.24) is 4.90 Å². The van der Waals surface area contributed by atoms with E-state index in [0.29, 0.717) is 19.2 Å². The zero-order valence-electron chi connectivity index (χ0n) is 12.7. The molecule has 1 unspecified atom stereocenters. The van der Waals surface area contributed by atoms with Gasteiger partial charge in [-0.1, -0.05) is 18.2 Å². The number of thiophene rings is 1. The molecule has 1 saturated heterocycles. The van der Waals surface area contributed by atoms with Crippen LogP contribution in [0.3, 0.4) is 0 Å². The van der Waals surface area contributed by atoms with Crippen molar-refractivity contribution >= 4 is 21.4 Å². The largest absolute Gasteiger partial charge is 0.377 e. The van der Waals surface area contributed by atoms with Gasteiger partial charge < -0.3 is 15.4 Å². The molecule has 1 aromatic heterocycles. The van der Waals surface area contributed by atoms with E-state index in [9.17, 15) is 0 Å². The third-order valence-electron chi connectivity index (χ3n) is 4.48. The third-order valence-corrected chi connectivity index (χ3v) is 5.72. The van der Waals surface area contributed by atoms with E-state index in [1.54, 1.807) is 11.3 Å². The zero-order chi connectivity index (χ0) is 14.7. The summed E-state index contributed by atoms with van der Waals surface area (Å²) in [6.45, 7) is 3.36. The second-order valence-corrected chi connectivity index (χ2v) is 6.96. The topological polar surface area (TPSA) is 38.5 Å². The minimum absolute atomic E-state index is 0.601. The number of benzene rings is 1. The van der Waals surface area contributed by atoms with Gasteiger partial charge in [0.15, 0.2) is 0 Å². The smallest absolute Gasteiger partial charge is 0.0734 e. The van der Waals surface area contributed by atoms with Gasteiger partial charge in [0.05, 0.1) is 6.61 Å². The molecule has 1 aliphatic rings. The summed E-state index contributed by atoms with van der Waals surface area (Å²) < 4.78 is 7.28. The second kappa shape index (κ2) is 6.88. The summed E-state index contributed by atoms with van der Waals surface area (Å²) in [4.78, 5) is 3.71. The van der Waals surface area contributed by atoms with Gasteiger partial charge in [-0.25, -0.2) is 0 Å². The Morgan fingerprint density at radius 3 is 3.00 bits per heavy atom. The van der Waals surface area contributed by atoms with Gasteiger partial charge in [0.1, 0.15) is 0 Å². The lowest BCUT2D eigenvalue weighted by Gasteiger charge is -2.19. The highest BCUT2D eigenvalue weighted by atomic mass is 32.1. The molecular weight excluding hydrogens is 280 g/mol. The van der Waals surface area contributed by atoms with Gasteiger partial charge in [0, 0.05) is 34.3 Å². The van der Waals surface area contributed by atoms with Crippen LogP contribution in [-0.4, -0.2) is 31.1 Å². The van der Waals surface area contributed by atoms with Crippen molar-refractivity contribution in [2.24, 2.45) is 5.73 Å². The van der Waals surface area contributed by atoms with Gasteiger partial charge in [-0.15, -0.1) is 11.3 Å². The molecule has 0 bridgehead atoms. The summed E-state index contributed by atoms with van der Waals surface area (Å²) in [7, 11) is 2.22. The molecule has 1 aliphatic heterocycles. The molecule has 4 heteroatoms. The van der Waals surface area contributed by atoms with E-state index >= 15 is 0 Å². The van der Waals surface area contributed by atoms with Crippen LogP contribution in [0.15, 0.2) is 24.3 Å². The highest BCUT2D eigenvalue weighted by Crippen LogP contribution is 2.31. The Morgan fingerprint density at radius 1 is 1.38 bits per heavy atom. The van der Waals surface area contributed by atoms with E-state index in [-0.39, 0.29) is 0 Å². The normalized spacial score (nSPS) is 19.6. The quantitative estimate of drug-likeness (QED) is 0.832. The Labute approximate surface area is 130 Å². The maximum absolute atomic E-state index is 5.96. The van der Waals surface area contributed by atoms with Crippen molar-refractivity contribution in [2.75, 3.05) is 20.2 Å². The SMILES string of the molecule is CN1CCCC1CCOCc1c(CN)sc2ccccc12. The molecule has 0 saturated carbocycles. The Morgan fingerprint density at radius 2 is 2.24 bits per heavy atom. The average Bonchev–Trinajstić information content (AvgIpc) is 3.07. The molecule has 1 atom stereocenters. The molecule has 2 N–H and O–H groups in total. The molecule has 3 nitrogen and oxygen atoms in total. The Bertz CT molecular complexity index is 595. The Hall–Kier alpha value is -0.940. The van der Waals surface area contributed by atoms with E-state index in [4.69, 9.17) is 10.5 Å². The lowest BCUT2D eigenvalue weighted by Crippen LogP contribution is -2.26. The van der Waals surface area contributed by atoms with Crippen molar-refractivity contribution in [3.63, 3.8) is 0 Å². The standard InChI is InChI=1S/C17H24N2OS/c1-19-9-4-5-13(19)8-10-20-12-15-14-6-2-3-7-16(14)21-17(15)11-18/h2-3,6-7,13H,4-5,8-12,18H2,1H3. The van der Waals surface area contributed by atoms with E-state index in [0.717, 1.165) is 13.0 Å². The average molecular weight is 304 g/mol. The van der Waals surface area contributed by atoms with Crippen LogP contribution >= 0.6 is 11.3 Å². The highest BCUT2D eigenvalue weighted by molar-refractivity contribution is 7.19. The number of fused-ring (bicyclic) bond motifs is 1. The van der Waals surface area contributed by atoms with E-state index in [1.807, 2.05) is 0 Å². The van der Waals surface area contributed by atoms with Crippen molar-refractivity contribution in [1.29, 1.82) is 0 Å². The maximum Gasteiger partial charge on any atom is 0.0734 e. The van der Waals surface area contributed by atoms with Crippen LogP contribution < -0.4 is 5.73 Å². The van der Waals surface area contributed by atoms with E-state index < -0.39 is 0 Å². The van der Waals surface area contributed by atoms with Gasteiger partial charge >= 0.3 is 0 Å². The molecule has 1 aromatic carbocycles. The first-order valence-corrected chi connectivity index (χ1v) is 8.58. The fourth-order valence-electron chi connectivity index (χ4n) is 3.21. The molecule has 0 aliphatic carbocycles. The lowest BCUT2D eigenvalue weighted by molar-refractivity contribution is 0.102. The van der Waals surface area contributed by atoms with Crippen molar-refractivity contribution in [2.45, 2.75) is 38.5 Å². The van der Waals surface area contributed by atoms with Crippen LogP contribution in [0.25, 0.3) is 10.1 Å². The number of hydrogen-bond acceptors (Lipinski definition) is 4. The number of nitrogens with two attached hydrogens (primary N) is 1. The summed E-state index contributed by atoms with van der Waals surface area (Å²) in [5.74, 6) is 0. The number of ether oxygens (including phenoxy) is 1. The minimum atomic E-state index is 0.601. The number of rotatable bonds is 6. The first-order chi connectivity index (χ1) is 10.3. The number of likely N-dealkylation sites (tertiary alicyclic amines) is 1. The summed E-state index contributed by atoms with van der Waals surface area (Å²) in [6.07, 6.45) is 3.78. The fraction of sp³-hybridized carbons (Fsp3) is 0.529. The summed E-state index contributed by atoms with van der Waals surface area (Å²) in [6, 6.07) is 9.22. The molecular formula is C17H24N2OS. The Balaban J connectivity index is 1.59. The van der Waals surface area contributed by atoms with Crippen molar-refractivity contribution in [3.05, 3.63) is 34.7 Å². The molecule has 0 amide bonds. The molecule has 21 heavy (non-hydrogen) atoms. The van der Waals surface area contributed by atoms with Crippen molar-refractivity contribution < 1.29 is 4.74 Å². The van der Waals surface area contributed by atoms with Crippen LogP contribution in [-0.2, 0) is 17.9 Å². The van der Waals surface area contributed by atoms with Crippen LogP contribution in [0.4, 0.5) is 0 Å². The van der Waals surface area contributed by atoms with Crippen LogP contribution in [0, 0.1) is 0 Å². The summed E-state index contributed by atoms with van der Waals surface area (Å²) in [5, 5.41) is 1.31. The van der Waals surface area contributed by atoms with Gasteiger partial charge in [0.2, 0.25) is 0 Å². The highest BCUT2D eigenvalue weighted by Gasteiger charge is 2.20. The van der Waals surface area contributed by atoms with Gasteiger partial charge in [-0.3, -0.25) is 0 Å². The zero-order valence-corrected chi connectivity index (χ0v) is 13.5. The summed E-state index contributed by atoms with van der Waals surface area (Å²) >= 11 is 1.79. The second-order valence-electron chi connectivity index (χ2n) is 5.82. The lowest BCUT2D eigenvalue weighted by atomic mass is 10.1. The maximum atomic E-state index is 5.96. The van der Waals surface area contributed by atoms with E-state index in [2.05, 4.69) is 36.2 Å². The molecule has 2 aromatic rings. The third kappa shape index (κ3) is 3.29. The first-order valence-electron chi connectivity index (χ1n) is 7.77. The molecule has 3 rings (SSSR count). The predicted molar refractivity (Wildman–Crippen MR) is 89.6 cm³/mol. The van der Waals surface area contributed by atoms with E-state index in [1.165, 1.54) is 39.9 Å². The van der Waals surface area contributed by atoms with Gasteiger partial charge in [-0.2, -0.15) is 0 Å². The number of nitrogens with zero attached hydrogens (tertiary/aromatic N) is 1. The van der Waals surface area contributed by atoms with Crippen molar-refractivity contribution in [3.8, 4) is 0 Å². The predicted octanol–water partition coefficient (Wildman–Crippen LogP) is 3.36. The fourth-order valence-corrected chi connectivity index (χ4v) is 4.30. The molecule has 1 fully saturated rings. The Kier molecular flexibility index (Phi) is 4.91. The first kappa shape index (κ1) is 15.0. The number of hydrogen-bond donors (Lipinski definition) is 1. The molecule has 114 valence electrons. The van der Waals surface area contributed by atoms with Gasteiger partial charge in [0.25, 0.3) is 0 Å². The van der Waals surface area contributed by atoms with Crippen LogP contribution in [0.1, 0.15) is 29.7 Å². The molecule has 2 heterocycles. The summed E-state index contributed by atoms with van der Waals surface area (Å²) in [5.41, 5.74) is 7.17. The minimum Gasteiger partial charge on any atom is -0.377 e. The van der Waals surface area contributed by atoms with Crippen LogP contribution in [0.5, 0.6) is 0 Å². The van der Waals surface area contributed by atoms with Gasteiger partial charge in [-0.05, 0) is 44.3 Å². The molecule has 0 spiro atoms. The monoisotopic (exact) mass is 304 g/mol. The van der Waals surface area contributed by atoms with Crippen LogP contribution in [0.2, 0.25) is 0 Å². The molecule has 0 radical (unpaired) electrons.